The Morgan fingerprint density at radius 1 is 0.507 bits per heavy atom. The van der Waals surface area contributed by atoms with Crippen molar-refractivity contribution in [1.82, 2.24) is 43.9 Å². The quantitative estimate of drug-likeness (QED) is 0.114. The molecular formula is C54H45N9OSi3. The summed E-state index contributed by atoms with van der Waals surface area (Å²) in [6.07, 6.45) is 3.77. The van der Waals surface area contributed by atoms with E-state index in [0.717, 1.165) is 68.6 Å². The van der Waals surface area contributed by atoms with Crippen molar-refractivity contribution in [2.24, 2.45) is 0 Å². The summed E-state index contributed by atoms with van der Waals surface area (Å²) < 4.78 is 128. The van der Waals surface area contributed by atoms with Crippen LogP contribution in [-0.2, 0) is 4.66 Å². The lowest BCUT2D eigenvalue weighted by Gasteiger charge is -2.55. The second kappa shape index (κ2) is 15.4. The average molecular weight is 932 g/mol. The van der Waals surface area contributed by atoms with Crippen molar-refractivity contribution in [3.63, 3.8) is 0 Å². The van der Waals surface area contributed by atoms with Crippen LogP contribution < -0.4 is 36.4 Å². The highest BCUT2D eigenvalue weighted by Crippen LogP contribution is 2.56. The molecule has 67 heavy (non-hydrogen) atoms. The van der Waals surface area contributed by atoms with Crippen molar-refractivity contribution in [3.05, 3.63) is 212 Å². The molecule has 5 heterocycles. The second-order valence-electron chi connectivity index (χ2n) is 16.5. The molecule has 1 aliphatic rings. The Morgan fingerprint density at radius 3 is 1.70 bits per heavy atom. The number of benzene rings is 7. The minimum absolute atomic E-state index is 0.127. The second-order valence-corrected chi connectivity index (χ2v) is 26.2. The lowest BCUT2D eigenvalue weighted by molar-refractivity contribution is 0.452. The molecule has 0 bridgehead atoms. The maximum absolute atomic E-state index is 9.94. The molecule has 0 radical (unpaired) electrons. The molecule has 0 atom stereocenters. The first-order chi connectivity index (χ1) is 37.8. The number of rotatable bonds is 9. The predicted molar refractivity (Wildman–Crippen MR) is 274 cm³/mol. The van der Waals surface area contributed by atoms with E-state index in [1.807, 2.05) is 133 Å². The maximum atomic E-state index is 9.94. The standard InChI is InChI=1S/C54H45N9OSi3/c1-65(2,51-57-34-55-35-58-51)54(66(3,4)52-59-36-56-37-60-52)42-25-11-16-31-48(42)64-50-43(54)26-18-32-49(50)67(39-20-7-5-8-21-39,40-22-9-6-10-23-40)41-24-17-19-38(33-41)62-46-29-14-15-30-47(46)63-45-28-13-12-27-44(45)61-53(62)63/h5-37H,1-4H3/i1D3,2D3,3D3,4D3. The SMILES string of the molecule is [2H]C([2H])([2H])[Si](c1ncncn1)(C([2H])([2H])[2H])C1([Si](c2ncncn2)(C([2H])([2H])[2H])C([2H])([2H])[2H])c2ccccc2Oc2c1cccc2[Si](c1ccccc1)(c1ccccc1)c1cccc(-n2c3ccccc3n3c4ccccc4nc23)c1. The number of imidazole rings is 2. The summed E-state index contributed by atoms with van der Waals surface area (Å²) in [6.45, 7) is -15.0. The zero-order chi connectivity index (χ0) is 55.4. The van der Waals surface area contributed by atoms with E-state index in [1.165, 1.54) is 24.3 Å². The van der Waals surface area contributed by atoms with Gasteiger partial charge in [0.25, 0.3) is 0 Å². The van der Waals surface area contributed by atoms with Crippen molar-refractivity contribution in [2.45, 2.75) is 30.6 Å². The van der Waals surface area contributed by atoms with Crippen LogP contribution in [0.4, 0.5) is 0 Å². The van der Waals surface area contributed by atoms with E-state index >= 15 is 0 Å². The van der Waals surface area contributed by atoms with Crippen LogP contribution in [0.2, 0.25) is 25.9 Å². The van der Waals surface area contributed by atoms with Gasteiger partial charge in [-0.1, -0.05) is 159 Å². The Balaban J connectivity index is 1.32. The third-order valence-electron chi connectivity index (χ3n) is 13.2. The first kappa shape index (κ1) is 29.7. The van der Waals surface area contributed by atoms with Gasteiger partial charge in [-0.05, 0) is 63.2 Å². The summed E-state index contributed by atoms with van der Waals surface area (Å²) in [7, 11) is -16.9. The number of hydrogen-bond acceptors (Lipinski definition) is 8. The summed E-state index contributed by atoms with van der Waals surface area (Å²) in [6, 6.07) is 54.1. The molecule has 12 rings (SSSR count). The lowest BCUT2D eigenvalue weighted by atomic mass is 9.98. The molecule has 0 fully saturated rings. The van der Waals surface area contributed by atoms with E-state index in [0.29, 0.717) is 11.0 Å². The highest BCUT2D eigenvalue weighted by Gasteiger charge is 2.67. The van der Waals surface area contributed by atoms with Crippen molar-refractivity contribution in [3.8, 4) is 17.2 Å². The third-order valence-corrected chi connectivity index (χ3v) is 25.4. The van der Waals surface area contributed by atoms with Gasteiger partial charge in [0.1, 0.15) is 63.9 Å². The average Bonchev–Trinajstić information content (AvgIpc) is 4.16. The number of ether oxygens (including phenoxy) is 1. The summed E-state index contributed by atoms with van der Waals surface area (Å²) in [5.41, 5.74) is 2.06. The van der Waals surface area contributed by atoms with Crippen LogP contribution in [0.5, 0.6) is 11.5 Å². The molecular weight excluding hydrogens is 875 g/mol. The minimum atomic E-state index is -6.39. The number of para-hydroxylation sites is 6. The Hall–Kier alpha value is -7.72. The fourth-order valence-corrected chi connectivity index (χ4v) is 22.4. The largest absolute Gasteiger partial charge is 0.457 e. The van der Waals surface area contributed by atoms with Gasteiger partial charge >= 0.3 is 0 Å². The number of aromatic nitrogens is 9. The molecule has 1 aliphatic heterocycles. The van der Waals surface area contributed by atoms with Crippen LogP contribution in [-0.4, -0.2) is 68.1 Å². The Morgan fingerprint density at radius 2 is 1.04 bits per heavy atom. The van der Waals surface area contributed by atoms with Crippen LogP contribution in [0.1, 0.15) is 27.6 Å². The molecule has 0 saturated heterocycles. The van der Waals surface area contributed by atoms with E-state index in [1.54, 1.807) is 12.1 Å². The van der Waals surface area contributed by atoms with Gasteiger partial charge in [-0.25, -0.2) is 34.9 Å². The lowest BCUT2D eigenvalue weighted by Crippen LogP contribution is -2.78. The van der Waals surface area contributed by atoms with E-state index in [2.05, 4.69) is 44.9 Å². The van der Waals surface area contributed by atoms with Gasteiger partial charge in [-0.15, -0.1) is 0 Å². The van der Waals surface area contributed by atoms with Gasteiger partial charge in [-0.3, -0.25) is 8.97 Å². The van der Waals surface area contributed by atoms with Gasteiger partial charge in [0, 0.05) is 37.9 Å². The fourth-order valence-electron chi connectivity index (χ4n) is 10.5. The molecule has 13 heteroatoms. The zero-order valence-electron chi connectivity index (χ0n) is 47.5. The molecule has 4 aromatic heterocycles. The molecule has 0 aliphatic carbocycles. The number of nitrogens with zero attached hydrogens (tertiary/aromatic N) is 9. The minimum Gasteiger partial charge on any atom is -0.457 e. The first-order valence-electron chi connectivity index (χ1n) is 27.5. The normalized spacial score (nSPS) is 17.0. The Bertz CT molecular complexity index is 3970. The smallest absolute Gasteiger partial charge is 0.220 e. The molecule has 10 nitrogen and oxygen atoms in total. The Labute approximate surface area is 407 Å². The van der Waals surface area contributed by atoms with Gasteiger partial charge in [0.2, 0.25) is 5.78 Å². The van der Waals surface area contributed by atoms with Crippen LogP contribution in [0.15, 0.2) is 201 Å². The third kappa shape index (κ3) is 5.74. The molecule has 324 valence electrons. The summed E-state index contributed by atoms with van der Waals surface area (Å²) in [5.74, 6) is 0.348. The van der Waals surface area contributed by atoms with Gasteiger partial charge in [0.05, 0.1) is 22.1 Å². The number of fused-ring (bicyclic) bond motifs is 7. The predicted octanol–water partition coefficient (Wildman–Crippen LogP) is 6.88. The fraction of sp³-hybridized carbons (Fsp3) is 0.0926. The highest BCUT2D eigenvalue weighted by molar-refractivity contribution is 7.20. The van der Waals surface area contributed by atoms with Crippen LogP contribution >= 0.6 is 0 Å². The summed E-state index contributed by atoms with van der Waals surface area (Å²) in [4.78, 5) is 30.8. The zero-order valence-corrected chi connectivity index (χ0v) is 38.5. The molecule has 0 spiro atoms. The summed E-state index contributed by atoms with van der Waals surface area (Å²) in [5, 5.41) is 2.75. The van der Waals surface area contributed by atoms with Gasteiger partial charge in [0.15, 0.2) is 8.07 Å². The highest BCUT2D eigenvalue weighted by atomic mass is 28.4. The van der Waals surface area contributed by atoms with Crippen molar-refractivity contribution in [2.75, 3.05) is 0 Å². The van der Waals surface area contributed by atoms with E-state index in [-0.39, 0.29) is 22.6 Å². The first-order valence-corrected chi connectivity index (χ1v) is 27.5. The molecule has 11 aromatic rings. The van der Waals surface area contributed by atoms with Gasteiger partial charge in [-0.2, -0.15) is 0 Å². The topological polar surface area (TPSA) is 109 Å². The maximum Gasteiger partial charge on any atom is 0.220 e. The monoisotopic (exact) mass is 931 g/mol. The van der Waals surface area contributed by atoms with E-state index in [4.69, 9.17) is 9.72 Å². The molecule has 0 saturated carbocycles. The molecule has 7 aromatic carbocycles. The number of hydrogen-bond donors (Lipinski definition) is 0. The van der Waals surface area contributed by atoms with Crippen molar-refractivity contribution < 1.29 is 21.2 Å². The van der Waals surface area contributed by atoms with E-state index < -0.39 is 65.7 Å². The van der Waals surface area contributed by atoms with Crippen LogP contribution in [0.3, 0.4) is 0 Å². The van der Waals surface area contributed by atoms with Crippen LogP contribution in [0, 0.1) is 0 Å². The molecule has 0 amide bonds. The van der Waals surface area contributed by atoms with Crippen LogP contribution in [0.25, 0.3) is 33.5 Å². The molecule has 0 unspecified atom stereocenters. The van der Waals surface area contributed by atoms with Crippen molar-refractivity contribution in [1.29, 1.82) is 0 Å². The van der Waals surface area contributed by atoms with E-state index in [9.17, 15) is 16.4 Å². The van der Waals surface area contributed by atoms with Crippen molar-refractivity contribution >= 4 is 83.7 Å². The van der Waals surface area contributed by atoms with Gasteiger partial charge < -0.3 is 4.74 Å². The summed E-state index contributed by atoms with van der Waals surface area (Å²) >= 11 is 0. The molecule has 0 N–H and O–H groups in total. The Kier molecular flexibility index (Phi) is 6.85.